The van der Waals surface area contributed by atoms with Crippen molar-refractivity contribution < 1.29 is 5.11 Å². The van der Waals surface area contributed by atoms with E-state index in [1.165, 1.54) is 24.1 Å². The summed E-state index contributed by atoms with van der Waals surface area (Å²) in [6.45, 7) is 6.16. The van der Waals surface area contributed by atoms with E-state index in [0.29, 0.717) is 5.92 Å². The maximum atomic E-state index is 9.98. The van der Waals surface area contributed by atoms with Gasteiger partial charge in [0.05, 0.1) is 11.8 Å². The molecule has 94 valence electrons. The van der Waals surface area contributed by atoms with Gasteiger partial charge in [-0.2, -0.15) is 0 Å². The van der Waals surface area contributed by atoms with E-state index in [9.17, 15) is 5.11 Å². The first kappa shape index (κ1) is 12.5. The van der Waals surface area contributed by atoms with Gasteiger partial charge in [0.25, 0.3) is 0 Å². The molecule has 17 heavy (non-hydrogen) atoms. The zero-order valence-electron chi connectivity index (χ0n) is 11.0. The van der Waals surface area contributed by atoms with Gasteiger partial charge in [-0.15, -0.1) is 0 Å². The standard InChI is InChI=1S/C14H22N2O/c1-9(2)13(10(3)17)14-11-6-4-5-7-12(11)15-8-16-14/h8-10,13,17H,4-7H2,1-3H3. The summed E-state index contributed by atoms with van der Waals surface area (Å²) in [5.41, 5.74) is 3.59. The summed E-state index contributed by atoms with van der Waals surface area (Å²) in [7, 11) is 0. The van der Waals surface area contributed by atoms with E-state index < -0.39 is 0 Å². The number of hydrogen-bond acceptors (Lipinski definition) is 3. The third kappa shape index (κ3) is 2.49. The van der Waals surface area contributed by atoms with Crippen LogP contribution in [0, 0.1) is 5.92 Å². The molecule has 0 aromatic carbocycles. The topological polar surface area (TPSA) is 46.0 Å². The van der Waals surface area contributed by atoms with Crippen LogP contribution in [0.5, 0.6) is 0 Å². The molecule has 1 aromatic rings. The molecule has 0 aliphatic heterocycles. The first-order valence-electron chi connectivity index (χ1n) is 6.62. The zero-order chi connectivity index (χ0) is 12.4. The molecular formula is C14H22N2O. The maximum Gasteiger partial charge on any atom is 0.115 e. The van der Waals surface area contributed by atoms with Crippen LogP contribution in [0.2, 0.25) is 0 Å². The van der Waals surface area contributed by atoms with Gasteiger partial charge in [0.15, 0.2) is 0 Å². The van der Waals surface area contributed by atoms with Crippen molar-refractivity contribution >= 4 is 0 Å². The van der Waals surface area contributed by atoms with E-state index in [1.54, 1.807) is 6.33 Å². The second-order valence-electron chi connectivity index (χ2n) is 5.40. The fourth-order valence-electron chi connectivity index (χ4n) is 2.93. The molecule has 3 heteroatoms. The highest BCUT2D eigenvalue weighted by Gasteiger charge is 2.27. The van der Waals surface area contributed by atoms with Gasteiger partial charge in [-0.25, -0.2) is 9.97 Å². The van der Waals surface area contributed by atoms with E-state index in [4.69, 9.17) is 0 Å². The average Bonchev–Trinajstić information content (AvgIpc) is 2.28. The Kier molecular flexibility index (Phi) is 3.77. The van der Waals surface area contributed by atoms with Crippen LogP contribution in [0.3, 0.4) is 0 Å². The van der Waals surface area contributed by atoms with E-state index >= 15 is 0 Å². The molecule has 0 bridgehead atoms. The molecule has 0 saturated heterocycles. The predicted molar refractivity (Wildman–Crippen MR) is 67.9 cm³/mol. The molecule has 0 amide bonds. The molecule has 3 nitrogen and oxygen atoms in total. The Morgan fingerprint density at radius 3 is 2.47 bits per heavy atom. The summed E-state index contributed by atoms with van der Waals surface area (Å²) in [5.74, 6) is 0.528. The molecule has 2 atom stereocenters. The molecular weight excluding hydrogens is 212 g/mol. The monoisotopic (exact) mass is 234 g/mol. The smallest absolute Gasteiger partial charge is 0.115 e. The number of aliphatic hydroxyl groups excluding tert-OH is 1. The van der Waals surface area contributed by atoms with Crippen molar-refractivity contribution in [1.29, 1.82) is 0 Å². The Labute approximate surface area is 103 Å². The SMILES string of the molecule is CC(C)C(c1ncnc2c1CCCC2)C(C)O. The van der Waals surface area contributed by atoms with Crippen molar-refractivity contribution in [2.75, 3.05) is 0 Å². The maximum absolute atomic E-state index is 9.98. The first-order chi connectivity index (χ1) is 8.11. The fraction of sp³-hybridized carbons (Fsp3) is 0.714. The number of rotatable bonds is 3. The minimum Gasteiger partial charge on any atom is -0.393 e. The van der Waals surface area contributed by atoms with Crippen LogP contribution in [0.4, 0.5) is 0 Å². The van der Waals surface area contributed by atoms with Crippen molar-refractivity contribution in [3.63, 3.8) is 0 Å². The van der Waals surface area contributed by atoms with Gasteiger partial charge >= 0.3 is 0 Å². The van der Waals surface area contributed by atoms with Crippen molar-refractivity contribution in [2.24, 2.45) is 5.92 Å². The molecule has 1 aromatic heterocycles. The van der Waals surface area contributed by atoms with Crippen LogP contribution < -0.4 is 0 Å². The molecule has 0 fully saturated rings. The second-order valence-corrected chi connectivity index (χ2v) is 5.40. The molecule has 1 aliphatic rings. The van der Waals surface area contributed by atoms with Crippen LogP contribution in [-0.4, -0.2) is 21.2 Å². The van der Waals surface area contributed by atoms with Gasteiger partial charge in [-0.1, -0.05) is 13.8 Å². The van der Waals surface area contributed by atoms with Crippen molar-refractivity contribution in [3.05, 3.63) is 23.3 Å². The van der Waals surface area contributed by atoms with Crippen LogP contribution in [-0.2, 0) is 12.8 Å². The van der Waals surface area contributed by atoms with Crippen LogP contribution in [0.1, 0.15) is 56.5 Å². The quantitative estimate of drug-likeness (QED) is 0.874. The van der Waals surface area contributed by atoms with Crippen molar-refractivity contribution in [1.82, 2.24) is 9.97 Å². The van der Waals surface area contributed by atoms with E-state index in [1.807, 2.05) is 6.92 Å². The van der Waals surface area contributed by atoms with Gasteiger partial charge in [0.1, 0.15) is 6.33 Å². The predicted octanol–water partition coefficient (Wildman–Crippen LogP) is 2.48. The molecule has 1 aliphatic carbocycles. The highest BCUT2D eigenvalue weighted by molar-refractivity contribution is 5.30. The minimum absolute atomic E-state index is 0.129. The minimum atomic E-state index is -0.351. The normalized spacial score (nSPS) is 18.9. The summed E-state index contributed by atoms with van der Waals surface area (Å²) < 4.78 is 0. The Balaban J connectivity index is 2.43. The van der Waals surface area contributed by atoms with Crippen molar-refractivity contribution in [3.8, 4) is 0 Å². The van der Waals surface area contributed by atoms with Crippen LogP contribution in [0.25, 0.3) is 0 Å². The van der Waals surface area contributed by atoms with Gasteiger partial charge < -0.3 is 5.11 Å². The Morgan fingerprint density at radius 2 is 1.82 bits per heavy atom. The zero-order valence-corrected chi connectivity index (χ0v) is 11.0. The number of fused-ring (bicyclic) bond motifs is 1. The molecule has 0 spiro atoms. The van der Waals surface area contributed by atoms with Crippen LogP contribution >= 0.6 is 0 Å². The largest absolute Gasteiger partial charge is 0.393 e. The summed E-state index contributed by atoms with van der Waals surface area (Å²) in [6.07, 6.45) is 5.90. The number of aliphatic hydroxyl groups is 1. The summed E-state index contributed by atoms with van der Waals surface area (Å²) in [6, 6.07) is 0. The number of hydrogen-bond donors (Lipinski definition) is 1. The number of aryl methyl sites for hydroxylation is 1. The number of aromatic nitrogens is 2. The lowest BCUT2D eigenvalue weighted by molar-refractivity contribution is 0.137. The van der Waals surface area contributed by atoms with Gasteiger partial charge in [-0.3, -0.25) is 0 Å². The van der Waals surface area contributed by atoms with Gasteiger partial charge in [-0.05, 0) is 44.1 Å². The molecule has 2 rings (SSSR count). The van der Waals surface area contributed by atoms with E-state index in [2.05, 4.69) is 23.8 Å². The third-order valence-electron chi connectivity index (χ3n) is 3.71. The summed E-state index contributed by atoms with van der Waals surface area (Å²) in [5, 5.41) is 9.98. The summed E-state index contributed by atoms with van der Waals surface area (Å²) in [4.78, 5) is 8.85. The average molecular weight is 234 g/mol. The van der Waals surface area contributed by atoms with Crippen LogP contribution in [0.15, 0.2) is 6.33 Å². The lowest BCUT2D eigenvalue weighted by Gasteiger charge is -2.27. The number of nitrogens with zero attached hydrogens (tertiary/aromatic N) is 2. The molecule has 1 N–H and O–H groups in total. The van der Waals surface area contributed by atoms with Crippen molar-refractivity contribution in [2.45, 2.75) is 58.5 Å². The first-order valence-corrected chi connectivity index (χ1v) is 6.62. The lowest BCUT2D eigenvalue weighted by atomic mass is 9.82. The van der Waals surface area contributed by atoms with Gasteiger partial charge in [0, 0.05) is 11.6 Å². The molecule has 0 saturated carbocycles. The Bertz CT molecular complexity index is 380. The highest BCUT2D eigenvalue weighted by atomic mass is 16.3. The highest BCUT2D eigenvalue weighted by Crippen LogP contribution is 2.32. The Morgan fingerprint density at radius 1 is 1.12 bits per heavy atom. The van der Waals surface area contributed by atoms with E-state index in [-0.39, 0.29) is 12.0 Å². The fourth-order valence-corrected chi connectivity index (χ4v) is 2.93. The molecule has 0 radical (unpaired) electrons. The Hall–Kier alpha value is -0.960. The van der Waals surface area contributed by atoms with Gasteiger partial charge in [0.2, 0.25) is 0 Å². The lowest BCUT2D eigenvalue weighted by Crippen LogP contribution is -2.24. The second kappa shape index (κ2) is 5.13. The molecule has 2 unspecified atom stereocenters. The van der Waals surface area contributed by atoms with E-state index in [0.717, 1.165) is 18.5 Å². The summed E-state index contributed by atoms with van der Waals surface area (Å²) >= 11 is 0. The third-order valence-corrected chi connectivity index (χ3v) is 3.71. The molecule has 1 heterocycles.